The number of carbonyl (C=O) groups is 2. The molecule has 1 aromatic heterocycles. The van der Waals surface area contributed by atoms with Gasteiger partial charge in [-0.05, 0) is 56.2 Å². The molecule has 32 heavy (non-hydrogen) atoms. The number of aromatic nitrogens is 2. The van der Waals surface area contributed by atoms with E-state index >= 15 is 0 Å². The minimum atomic E-state index is -0.496. The number of aliphatic hydroxyl groups is 1. The molecule has 2 aliphatic rings. The molecule has 4 rings (SSSR count). The molecule has 1 saturated heterocycles. The lowest BCUT2D eigenvalue weighted by Gasteiger charge is -2.29. The number of ketones is 1. The second kappa shape index (κ2) is 8.67. The molecule has 172 valence electrons. The molecule has 2 heterocycles. The number of nitrogens with zero attached hydrogens (tertiary/aromatic N) is 3. The third kappa shape index (κ3) is 4.42. The van der Waals surface area contributed by atoms with Crippen LogP contribution < -0.4 is 11.1 Å². The molecule has 1 aliphatic carbocycles. The summed E-state index contributed by atoms with van der Waals surface area (Å²) in [6.07, 6.45) is 3.61. The number of fused-ring (bicyclic) bond motifs is 1. The standard InChI is InChI=1S/C24H33N5O3/c1-15-22-19(13-24(2,3)14-20(22)30)29(27-15)16-7-8-17(23(25)32)18(12-16)26-9-5-11-28-10-4-6-21(28)31/h7-8,12,21,26,31H,4-6,9-11,13-14H2,1-3H3,(H2,25,32). The summed E-state index contributed by atoms with van der Waals surface area (Å²) in [6, 6.07) is 5.41. The van der Waals surface area contributed by atoms with Gasteiger partial charge >= 0.3 is 0 Å². The van der Waals surface area contributed by atoms with Crippen LogP contribution >= 0.6 is 0 Å². The number of amides is 1. The second-order valence-electron chi connectivity index (χ2n) is 9.79. The number of Topliss-reactive ketones (excluding diaryl/α,β-unsaturated/α-hetero) is 1. The van der Waals surface area contributed by atoms with Gasteiger partial charge in [0.05, 0.1) is 28.2 Å². The lowest BCUT2D eigenvalue weighted by Crippen LogP contribution is -2.31. The van der Waals surface area contributed by atoms with E-state index < -0.39 is 5.91 Å². The van der Waals surface area contributed by atoms with Crippen LogP contribution in [-0.4, -0.2) is 57.3 Å². The minimum absolute atomic E-state index is 0.122. The maximum Gasteiger partial charge on any atom is 0.250 e. The Hall–Kier alpha value is -2.71. The van der Waals surface area contributed by atoms with E-state index in [1.54, 1.807) is 6.07 Å². The van der Waals surface area contributed by atoms with Gasteiger partial charge in [0.2, 0.25) is 0 Å². The lowest BCUT2D eigenvalue weighted by atomic mass is 9.75. The molecule has 1 aromatic carbocycles. The molecular formula is C24H33N5O3. The first-order valence-electron chi connectivity index (χ1n) is 11.4. The Morgan fingerprint density at radius 3 is 2.81 bits per heavy atom. The molecule has 1 atom stereocenters. The van der Waals surface area contributed by atoms with Crippen molar-refractivity contribution in [1.29, 1.82) is 0 Å². The highest BCUT2D eigenvalue weighted by Crippen LogP contribution is 2.37. The van der Waals surface area contributed by atoms with Crippen molar-refractivity contribution in [3.05, 3.63) is 40.7 Å². The number of aliphatic hydroxyl groups excluding tert-OH is 1. The summed E-state index contributed by atoms with van der Waals surface area (Å²) in [5, 5.41) is 18.0. The molecule has 0 bridgehead atoms. The molecule has 1 amide bonds. The van der Waals surface area contributed by atoms with E-state index in [-0.39, 0.29) is 17.4 Å². The van der Waals surface area contributed by atoms with Crippen LogP contribution in [0.1, 0.15) is 71.6 Å². The van der Waals surface area contributed by atoms with E-state index in [0.717, 1.165) is 61.4 Å². The quantitative estimate of drug-likeness (QED) is 0.572. The van der Waals surface area contributed by atoms with Crippen LogP contribution in [0, 0.1) is 12.3 Å². The zero-order chi connectivity index (χ0) is 23.0. The zero-order valence-electron chi connectivity index (χ0n) is 19.1. The Labute approximate surface area is 188 Å². The van der Waals surface area contributed by atoms with Gasteiger partial charge in [-0.25, -0.2) is 4.68 Å². The number of nitrogens with two attached hydrogens (primary N) is 1. The topological polar surface area (TPSA) is 113 Å². The van der Waals surface area contributed by atoms with Crippen LogP contribution in [0.5, 0.6) is 0 Å². The molecule has 8 nitrogen and oxygen atoms in total. The number of hydrogen-bond acceptors (Lipinski definition) is 6. The molecular weight excluding hydrogens is 406 g/mol. The van der Waals surface area contributed by atoms with Crippen molar-refractivity contribution in [1.82, 2.24) is 14.7 Å². The number of aryl methyl sites for hydroxylation is 1. The first-order chi connectivity index (χ1) is 15.2. The SMILES string of the molecule is Cc1nn(-c2ccc(C(N)=O)c(NCCCN3CCCC3O)c2)c2c1C(=O)CC(C)(C)C2. The van der Waals surface area contributed by atoms with Gasteiger partial charge in [0.15, 0.2) is 5.78 Å². The Morgan fingerprint density at radius 2 is 2.12 bits per heavy atom. The molecule has 0 radical (unpaired) electrons. The van der Waals surface area contributed by atoms with Crippen molar-refractivity contribution in [2.75, 3.05) is 25.0 Å². The van der Waals surface area contributed by atoms with Crippen molar-refractivity contribution < 1.29 is 14.7 Å². The summed E-state index contributed by atoms with van der Waals surface area (Å²) in [6.45, 7) is 8.43. The van der Waals surface area contributed by atoms with Gasteiger partial charge in [-0.1, -0.05) is 13.8 Å². The highest BCUT2D eigenvalue weighted by molar-refractivity contribution is 6.00. The van der Waals surface area contributed by atoms with Crippen LogP contribution in [0.25, 0.3) is 5.69 Å². The number of anilines is 1. The molecule has 1 aliphatic heterocycles. The summed E-state index contributed by atoms with van der Waals surface area (Å²) in [7, 11) is 0. The fourth-order valence-electron chi connectivity index (χ4n) is 4.95. The number of likely N-dealkylation sites (tertiary alicyclic amines) is 1. The summed E-state index contributed by atoms with van der Waals surface area (Å²) < 4.78 is 1.83. The van der Waals surface area contributed by atoms with E-state index in [1.807, 2.05) is 23.7 Å². The first-order valence-corrected chi connectivity index (χ1v) is 11.4. The third-order valence-electron chi connectivity index (χ3n) is 6.50. The van der Waals surface area contributed by atoms with Gasteiger partial charge in [0, 0.05) is 31.7 Å². The summed E-state index contributed by atoms with van der Waals surface area (Å²) in [4.78, 5) is 26.8. The van der Waals surface area contributed by atoms with Gasteiger partial charge in [-0.2, -0.15) is 5.10 Å². The molecule has 4 N–H and O–H groups in total. The molecule has 0 spiro atoms. The molecule has 1 unspecified atom stereocenters. The maximum absolute atomic E-state index is 12.7. The fraction of sp³-hybridized carbons (Fsp3) is 0.542. The Bertz CT molecular complexity index is 1040. The number of hydrogen-bond donors (Lipinski definition) is 3. The van der Waals surface area contributed by atoms with E-state index in [0.29, 0.717) is 24.2 Å². The predicted octanol–water partition coefficient (Wildman–Crippen LogP) is 2.65. The lowest BCUT2D eigenvalue weighted by molar-refractivity contribution is 0.0382. The minimum Gasteiger partial charge on any atom is -0.384 e. The number of carbonyl (C=O) groups excluding carboxylic acids is 2. The van der Waals surface area contributed by atoms with Crippen LogP contribution in [0.4, 0.5) is 5.69 Å². The second-order valence-corrected chi connectivity index (χ2v) is 9.79. The predicted molar refractivity (Wildman–Crippen MR) is 123 cm³/mol. The van der Waals surface area contributed by atoms with Gasteiger partial charge < -0.3 is 16.2 Å². The van der Waals surface area contributed by atoms with E-state index in [1.165, 1.54) is 0 Å². The summed E-state index contributed by atoms with van der Waals surface area (Å²) in [5.41, 5.74) is 9.73. The summed E-state index contributed by atoms with van der Waals surface area (Å²) in [5.74, 6) is -0.361. The average Bonchev–Trinajstić information content (AvgIpc) is 3.26. The molecule has 1 fully saturated rings. The molecule has 8 heteroatoms. The van der Waals surface area contributed by atoms with Crippen molar-refractivity contribution in [3.8, 4) is 5.69 Å². The van der Waals surface area contributed by atoms with Crippen molar-refractivity contribution in [2.24, 2.45) is 11.1 Å². The molecule has 2 aromatic rings. The number of benzene rings is 1. The van der Waals surface area contributed by atoms with Gasteiger partial charge in [0.1, 0.15) is 6.23 Å². The van der Waals surface area contributed by atoms with Gasteiger partial charge in [-0.15, -0.1) is 0 Å². The van der Waals surface area contributed by atoms with E-state index in [4.69, 9.17) is 5.73 Å². The van der Waals surface area contributed by atoms with Crippen molar-refractivity contribution in [2.45, 2.75) is 59.1 Å². The van der Waals surface area contributed by atoms with Gasteiger partial charge in [-0.3, -0.25) is 14.5 Å². The van der Waals surface area contributed by atoms with Crippen molar-refractivity contribution in [3.63, 3.8) is 0 Å². The number of primary amides is 1. The van der Waals surface area contributed by atoms with Crippen molar-refractivity contribution >= 4 is 17.4 Å². The Morgan fingerprint density at radius 1 is 1.34 bits per heavy atom. The first kappa shape index (κ1) is 22.5. The number of rotatable bonds is 7. The average molecular weight is 440 g/mol. The van der Waals surface area contributed by atoms with Crippen LogP contribution in [-0.2, 0) is 6.42 Å². The Balaban J connectivity index is 1.58. The van der Waals surface area contributed by atoms with E-state index in [9.17, 15) is 14.7 Å². The van der Waals surface area contributed by atoms with E-state index in [2.05, 4.69) is 29.2 Å². The maximum atomic E-state index is 12.7. The van der Waals surface area contributed by atoms with Gasteiger partial charge in [0.25, 0.3) is 5.91 Å². The number of nitrogens with one attached hydrogen (secondary N) is 1. The largest absolute Gasteiger partial charge is 0.384 e. The highest BCUT2D eigenvalue weighted by Gasteiger charge is 2.35. The smallest absolute Gasteiger partial charge is 0.250 e. The Kier molecular flexibility index (Phi) is 6.09. The fourth-order valence-corrected chi connectivity index (χ4v) is 4.95. The van der Waals surface area contributed by atoms with Crippen LogP contribution in [0.15, 0.2) is 18.2 Å². The zero-order valence-corrected chi connectivity index (χ0v) is 19.1. The summed E-state index contributed by atoms with van der Waals surface area (Å²) >= 11 is 0. The monoisotopic (exact) mass is 439 g/mol. The molecule has 0 saturated carbocycles. The highest BCUT2D eigenvalue weighted by atomic mass is 16.3. The normalized spacial score (nSPS) is 20.4. The van der Waals surface area contributed by atoms with Crippen LogP contribution in [0.3, 0.4) is 0 Å². The third-order valence-corrected chi connectivity index (χ3v) is 6.50. The van der Waals surface area contributed by atoms with Crippen LogP contribution in [0.2, 0.25) is 0 Å².